The SMILES string of the molecule is C[C@H]1CCN(c2cnc(C(C)(C)C)nc2)C1=O. The van der Waals surface area contributed by atoms with Crippen LogP contribution in [-0.4, -0.2) is 22.4 Å². The molecular formula is C13H19N3O. The summed E-state index contributed by atoms with van der Waals surface area (Å²) >= 11 is 0. The fourth-order valence-corrected chi connectivity index (χ4v) is 1.93. The normalized spacial score (nSPS) is 21.1. The molecule has 0 unspecified atom stereocenters. The monoisotopic (exact) mass is 233 g/mol. The van der Waals surface area contributed by atoms with Crippen LogP contribution in [0.1, 0.15) is 39.9 Å². The van der Waals surface area contributed by atoms with Gasteiger partial charge in [-0.1, -0.05) is 27.7 Å². The van der Waals surface area contributed by atoms with E-state index in [0.29, 0.717) is 0 Å². The lowest BCUT2D eigenvalue weighted by molar-refractivity contribution is -0.119. The smallest absolute Gasteiger partial charge is 0.229 e. The zero-order chi connectivity index (χ0) is 12.6. The highest BCUT2D eigenvalue weighted by Gasteiger charge is 2.29. The number of amides is 1. The number of carbonyl (C=O) groups excluding carboxylic acids is 1. The Morgan fingerprint density at radius 3 is 2.29 bits per heavy atom. The molecule has 4 heteroatoms. The first kappa shape index (κ1) is 12.0. The van der Waals surface area contributed by atoms with Crippen LogP contribution in [0.2, 0.25) is 0 Å². The van der Waals surface area contributed by atoms with E-state index in [2.05, 4.69) is 30.7 Å². The summed E-state index contributed by atoms with van der Waals surface area (Å²) in [5, 5.41) is 0. The fraction of sp³-hybridized carbons (Fsp3) is 0.615. The van der Waals surface area contributed by atoms with Crippen LogP contribution in [0.3, 0.4) is 0 Å². The fourth-order valence-electron chi connectivity index (χ4n) is 1.93. The second-order valence-electron chi connectivity index (χ2n) is 5.69. The Labute approximate surface area is 102 Å². The maximum atomic E-state index is 11.9. The van der Waals surface area contributed by atoms with Crippen molar-refractivity contribution in [3.8, 4) is 0 Å². The predicted octanol–water partition coefficient (Wildman–Crippen LogP) is 2.15. The zero-order valence-corrected chi connectivity index (χ0v) is 10.9. The van der Waals surface area contributed by atoms with E-state index in [4.69, 9.17) is 0 Å². The van der Waals surface area contributed by atoms with Crippen molar-refractivity contribution in [2.45, 2.75) is 39.5 Å². The van der Waals surface area contributed by atoms with Crippen LogP contribution in [0, 0.1) is 5.92 Å². The molecule has 1 atom stereocenters. The number of hydrogen-bond acceptors (Lipinski definition) is 3. The third kappa shape index (κ3) is 2.30. The number of anilines is 1. The van der Waals surface area contributed by atoms with Crippen molar-refractivity contribution in [3.63, 3.8) is 0 Å². The van der Waals surface area contributed by atoms with Crippen LogP contribution >= 0.6 is 0 Å². The molecule has 0 aromatic carbocycles. The zero-order valence-electron chi connectivity index (χ0n) is 10.9. The predicted molar refractivity (Wildman–Crippen MR) is 66.9 cm³/mol. The molecule has 1 aliphatic rings. The minimum atomic E-state index is -0.0547. The van der Waals surface area contributed by atoms with Crippen LogP contribution in [0.15, 0.2) is 12.4 Å². The molecule has 2 rings (SSSR count). The Hall–Kier alpha value is -1.45. The highest BCUT2D eigenvalue weighted by atomic mass is 16.2. The van der Waals surface area contributed by atoms with Gasteiger partial charge in [-0.3, -0.25) is 4.79 Å². The largest absolute Gasteiger partial charge is 0.309 e. The van der Waals surface area contributed by atoms with Gasteiger partial charge in [0, 0.05) is 17.9 Å². The minimum Gasteiger partial charge on any atom is -0.309 e. The van der Waals surface area contributed by atoms with Crippen molar-refractivity contribution in [1.82, 2.24) is 9.97 Å². The lowest BCUT2D eigenvalue weighted by Gasteiger charge is -2.19. The van der Waals surface area contributed by atoms with E-state index in [9.17, 15) is 4.79 Å². The second-order valence-corrected chi connectivity index (χ2v) is 5.69. The number of nitrogens with zero attached hydrogens (tertiary/aromatic N) is 3. The summed E-state index contributed by atoms with van der Waals surface area (Å²) in [6.07, 6.45) is 4.42. The van der Waals surface area contributed by atoms with E-state index in [0.717, 1.165) is 24.5 Å². The number of hydrogen-bond donors (Lipinski definition) is 0. The Morgan fingerprint density at radius 2 is 1.88 bits per heavy atom. The Bertz CT molecular complexity index is 419. The minimum absolute atomic E-state index is 0.0547. The van der Waals surface area contributed by atoms with Crippen LogP contribution < -0.4 is 4.90 Å². The van der Waals surface area contributed by atoms with E-state index >= 15 is 0 Å². The molecule has 4 nitrogen and oxygen atoms in total. The Morgan fingerprint density at radius 1 is 1.29 bits per heavy atom. The van der Waals surface area contributed by atoms with E-state index in [-0.39, 0.29) is 17.2 Å². The highest BCUT2D eigenvalue weighted by molar-refractivity contribution is 5.96. The quantitative estimate of drug-likeness (QED) is 0.746. The van der Waals surface area contributed by atoms with Crippen molar-refractivity contribution >= 4 is 11.6 Å². The lowest BCUT2D eigenvalue weighted by atomic mass is 9.96. The van der Waals surface area contributed by atoms with Gasteiger partial charge in [0.05, 0.1) is 18.1 Å². The first-order valence-electron chi connectivity index (χ1n) is 6.03. The van der Waals surface area contributed by atoms with Crippen LogP contribution in [0.4, 0.5) is 5.69 Å². The van der Waals surface area contributed by atoms with Gasteiger partial charge >= 0.3 is 0 Å². The summed E-state index contributed by atoms with van der Waals surface area (Å²) in [4.78, 5) is 22.3. The van der Waals surface area contributed by atoms with Gasteiger partial charge in [-0.15, -0.1) is 0 Å². The molecule has 1 aliphatic heterocycles. The number of aromatic nitrogens is 2. The first-order chi connectivity index (χ1) is 7.89. The molecule has 1 fully saturated rings. The number of rotatable bonds is 1. The summed E-state index contributed by atoms with van der Waals surface area (Å²) in [5.41, 5.74) is 0.758. The van der Waals surface area contributed by atoms with Crippen molar-refractivity contribution in [3.05, 3.63) is 18.2 Å². The van der Waals surface area contributed by atoms with Crippen LogP contribution in [0.5, 0.6) is 0 Å². The molecule has 0 bridgehead atoms. The van der Waals surface area contributed by atoms with Crippen LogP contribution in [-0.2, 0) is 10.2 Å². The van der Waals surface area contributed by atoms with Gasteiger partial charge in [-0.05, 0) is 6.42 Å². The molecule has 0 spiro atoms. The maximum Gasteiger partial charge on any atom is 0.229 e. The summed E-state index contributed by atoms with van der Waals surface area (Å²) in [6, 6.07) is 0. The molecule has 1 aromatic rings. The van der Waals surface area contributed by atoms with E-state index in [1.807, 2.05) is 6.92 Å². The molecular weight excluding hydrogens is 214 g/mol. The molecule has 1 amide bonds. The highest BCUT2D eigenvalue weighted by Crippen LogP contribution is 2.25. The van der Waals surface area contributed by atoms with Gasteiger partial charge < -0.3 is 4.90 Å². The van der Waals surface area contributed by atoms with Crippen LogP contribution in [0.25, 0.3) is 0 Å². The standard InChI is InChI=1S/C13H19N3O/c1-9-5-6-16(11(9)17)10-7-14-12(15-8-10)13(2,3)4/h7-9H,5-6H2,1-4H3/t9-/m0/s1. The number of carbonyl (C=O) groups is 1. The maximum absolute atomic E-state index is 11.9. The molecule has 1 saturated heterocycles. The van der Waals surface area contributed by atoms with Crippen molar-refractivity contribution in [1.29, 1.82) is 0 Å². The van der Waals surface area contributed by atoms with Crippen molar-refractivity contribution in [2.75, 3.05) is 11.4 Å². The third-order valence-electron chi connectivity index (χ3n) is 3.09. The molecule has 0 saturated carbocycles. The van der Waals surface area contributed by atoms with Gasteiger partial charge in [0.15, 0.2) is 0 Å². The van der Waals surface area contributed by atoms with Gasteiger partial charge in [0.1, 0.15) is 5.82 Å². The lowest BCUT2D eigenvalue weighted by Crippen LogP contribution is -2.27. The van der Waals surface area contributed by atoms with Gasteiger partial charge in [-0.25, -0.2) is 9.97 Å². The van der Waals surface area contributed by atoms with E-state index < -0.39 is 0 Å². The molecule has 0 radical (unpaired) electrons. The van der Waals surface area contributed by atoms with Gasteiger partial charge in [0.2, 0.25) is 5.91 Å². The Balaban J connectivity index is 2.22. The summed E-state index contributed by atoms with van der Waals surface area (Å²) in [5.74, 6) is 1.11. The molecule has 2 heterocycles. The van der Waals surface area contributed by atoms with Gasteiger partial charge in [-0.2, -0.15) is 0 Å². The molecule has 17 heavy (non-hydrogen) atoms. The molecule has 0 aliphatic carbocycles. The van der Waals surface area contributed by atoms with Crippen molar-refractivity contribution < 1.29 is 4.79 Å². The molecule has 1 aromatic heterocycles. The van der Waals surface area contributed by atoms with E-state index in [1.165, 1.54) is 0 Å². The third-order valence-corrected chi connectivity index (χ3v) is 3.09. The summed E-state index contributed by atoms with van der Waals surface area (Å²) in [6.45, 7) is 8.96. The Kier molecular flexibility index (Phi) is 2.89. The summed E-state index contributed by atoms with van der Waals surface area (Å²) in [7, 11) is 0. The average molecular weight is 233 g/mol. The molecule has 0 N–H and O–H groups in total. The molecule has 92 valence electrons. The average Bonchev–Trinajstić information content (AvgIpc) is 2.59. The second kappa shape index (κ2) is 4.09. The van der Waals surface area contributed by atoms with Gasteiger partial charge in [0.25, 0.3) is 0 Å². The topological polar surface area (TPSA) is 46.1 Å². The summed E-state index contributed by atoms with van der Waals surface area (Å²) < 4.78 is 0. The van der Waals surface area contributed by atoms with E-state index in [1.54, 1.807) is 17.3 Å². The first-order valence-corrected chi connectivity index (χ1v) is 6.03. The van der Waals surface area contributed by atoms with Crippen molar-refractivity contribution in [2.24, 2.45) is 5.92 Å².